The van der Waals surface area contributed by atoms with Crippen molar-refractivity contribution in [1.82, 2.24) is 5.32 Å². The molecule has 82 valence electrons. The molecule has 2 atom stereocenters. The molecule has 0 aliphatic heterocycles. The van der Waals surface area contributed by atoms with E-state index in [-0.39, 0.29) is 0 Å². The average molecular weight is 203 g/mol. The first-order valence-corrected chi connectivity index (χ1v) is 4.58. The molecule has 5 nitrogen and oxygen atoms in total. The molecule has 14 heavy (non-hydrogen) atoms. The zero-order valence-electron chi connectivity index (χ0n) is 8.74. The van der Waals surface area contributed by atoms with Crippen molar-refractivity contribution < 1.29 is 19.4 Å². The zero-order valence-corrected chi connectivity index (χ0v) is 8.74. The Morgan fingerprint density at radius 1 is 1.50 bits per heavy atom. The predicted molar refractivity (Wildman–Crippen MR) is 50.9 cm³/mol. The molecule has 0 saturated heterocycles. The van der Waals surface area contributed by atoms with Crippen molar-refractivity contribution in [2.75, 3.05) is 7.11 Å². The van der Waals surface area contributed by atoms with Gasteiger partial charge < -0.3 is 15.2 Å². The molecule has 0 rings (SSSR count). The zero-order chi connectivity index (χ0) is 11.1. The minimum Gasteiger partial charge on any atom is -0.480 e. The van der Waals surface area contributed by atoms with Gasteiger partial charge in [-0.1, -0.05) is 13.3 Å². The van der Waals surface area contributed by atoms with E-state index in [0.717, 1.165) is 0 Å². The number of carboxylic acid groups (broad SMARTS) is 1. The fraction of sp³-hybridized carbons (Fsp3) is 0.778. The Kier molecular flexibility index (Phi) is 5.87. The highest BCUT2D eigenvalue weighted by atomic mass is 16.5. The summed E-state index contributed by atoms with van der Waals surface area (Å²) in [6.45, 7) is 3.43. The number of amides is 1. The van der Waals surface area contributed by atoms with Gasteiger partial charge in [0.05, 0.1) is 0 Å². The van der Waals surface area contributed by atoms with Gasteiger partial charge in [-0.3, -0.25) is 4.79 Å². The second kappa shape index (κ2) is 6.37. The monoisotopic (exact) mass is 203 g/mol. The number of carboxylic acids is 1. The SMILES string of the molecule is CCC[C@H](NC(=O)C(C)OC)C(=O)O. The molecule has 5 heteroatoms. The third-order valence-electron chi connectivity index (χ3n) is 1.91. The van der Waals surface area contributed by atoms with E-state index in [0.29, 0.717) is 12.8 Å². The van der Waals surface area contributed by atoms with Crippen molar-refractivity contribution in [2.45, 2.75) is 38.8 Å². The second-order valence-corrected chi connectivity index (χ2v) is 3.07. The molecule has 0 fully saturated rings. The Morgan fingerprint density at radius 2 is 2.07 bits per heavy atom. The Hall–Kier alpha value is -1.10. The molecule has 1 amide bonds. The number of rotatable bonds is 6. The summed E-state index contributed by atoms with van der Waals surface area (Å²) >= 11 is 0. The van der Waals surface area contributed by atoms with E-state index in [2.05, 4.69) is 5.32 Å². The van der Waals surface area contributed by atoms with Crippen LogP contribution in [0.25, 0.3) is 0 Å². The smallest absolute Gasteiger partial charge is 0.326 e. The molecule has 0 bridgehead atoms. The van der Waals surface area contributed by atoms with E-state index >= 15 is 0 Å². The summed E-state index contributed by atoms with van der Waals surface area (Å²) in [7, 11) is 1.40. The van der Waals surface area contributed by atoms with E-state index in [1.165, 1.54) is 7.11 Å². The van der Waals surface area contributed by atoms with Crippen LogP contribution in [-0.4, -0.2) is 36.2 Å². The highest BCUT2D eigenvalue weighted by Gasteiger charge is 2.21. The van der Waals surface area contributed by atoms with Crippen LogP contribution in [0.5, 0.6) is 0 Å². The van der Waals surface area contributed by atoms with Crippen LogP contribution in [0.15, 0.2) is 0 Å². The van der Waals surface area contributed by atoms with Crippen LogP contribution in [0, 0.1) is 0 Å². The third kappa shape index (κ3) is 4.23. The van der Waals surface area contributed by atoms with Crippen molar-refractivity contribution in [3.05, 3.63) is 0 Å². The molecule has 0 aromatic heterocycles. The number of hydrogen-bond donors (Lipinski definition) is 2. The van der Waals surface area contributed by atoms with Crippen LogP contribution in [-0.2, 0) is 14.3 Å². The first-order chi connectivity index (χ1) is 6.52. The van der Waals surface area contributed by atoms with Gasteiger partial charge in [-0.25, -0.2) is 4.79 Å². The molecular weight excluding hydrogens is 186 g/mol. The lowest BCUT2D eigenvalue weighted by molar-refractivity contribution is -0.143. The molecule has 0 aliphatic carbocycles. The topological polar surface area (TPSA) is 75.6 Å². The van der Waals surface area contributed by atoms with E-state index < -0.39 is 24.0 Å². The summed E-state index contributed by atoms with van der Waals surface area (Å²) in [5.41, 5.74) is 0. The quantitative estimate of drug-likeness (QED) is 0.654. The van der Waals surface area contributed by atoms with Gasteiger partial charge in [0, 0.05) is 7.11 Å². The van der Waals surface area contributed by atoms with Gasteiger partial charge in [0.15, 0.2) is 0 Å². The minimum absolute atomic E-state index is 0.395. The molecular formula is C9H17NO4. The average Bonchev–Trinajstić information content (AvgIpc) is 2.15. The highest BCUT2D eigenvalue weighted by Crippen LogP contribution is 1.98. The molecule has 0 saturated carbocycles. The van der Waals surface area contributed by atoms with Crippen LogP contribution < -0.4 is 5.32 Å². The molecule has 0 aromatic carbocycles. The largest absolute Gasteiger partial charge is 0.480 e. The Balaban J connectivity index is 4.15. The lowest BCUT2D eigenvalue weighted by Gasteiger charge is -2.16. The summed E-state index contributed by atoms with van der Waals surface area (Å²) in [5, 5.41) is 11.2. The first-order valence-electron chi connectivity index (χ1n) is 4.58. The first kappa shape index (κ1) is 12.9. The highest BCUT2D eigenvalue weighted by molar-refractivity contribution is 5.85. The van der Waals surface area contributed by atoms with Gasteiger partial charge >= 0.3 is 5.97 Å². The lowest BCUT2D eigenvalue weighted by Crippen LogP contribution is -2.45. The van der Waals surface area contributed by atoms with Crippen LogP contribution in [0.2, 0.25) is 0 Å². The van der Waals surface area contributed by atoms with Gasteiger partial charge in [0.1, 0.15) is 12.1 Å². The van der Waals surface area contributed by atoms with Crippen molar-refractivity contribution in [3.8, 4) is 0 Å². The fourth-order valence-electron chi connectivity index (χ4n) is 0.942. The number of nitrogens with one attached hydrogen (secondary N) is 1. The van der Waals surface area contributed by atoms with Crippen LogP contribution in [0.3, 0.4) is 0 Å². The van der Waals surface area contributed by atoms with Gasteiger partial charge in [-0.2, -0.15) is 0 Å². The van der Waals surface area contributed by atoms with Gasteiger partial charge in [0.25, 0.3) is 0 Å². The van der Waals surface area contributed by atoms with Crippen LogP contribution in [0.4, 0.5) is 0 Å². The maximum Gasteiger partial charge on any atom is 0.326 e. The number of carbonyl (C=O) groups is 2. The van der Waals surface area contributed by atoms with Crippen molar-refractivity contribution >= 4 is 11.9 Å². The summed E-state index contributed by atoms with van der Waals surface area (Å²) < 4.78 is 4.77. The van der Waals surface area contributed by atoms with E-state index in [4.69, 9.17) is 9.84 Å². The number of ether oxygens (including phenoxy) is 1. The predicted octanol–water partition coefficient (Wildman–Crippen LogP) is 0.391. The standard InChI is InChI=1S/C9H17NO4/c1-4-5-7(9(12)13)10-8(11)6(2)14-3/h6-7H,4-5H2,1-3H3,(H,10,11)(H,12,13)/t6?,7-/m0/s1. The number of methoxy groups -OCH3 is 1. The second-order valence-electron chi connectivity index (χ2n) is 3.07. The van der Waals surface area contributed by atoms with Crippen molar-refractivity contribution in [1.29, 1.82) is 0 Å². The Labute approximate surface area is 83.4 Å². The molecule has 0 aromatic rings. The molecule has 0 heterocycles. The van der Waals surface area contributed by atoms with Gasteiger partial charge in [-0.05, 0) is 13.3 Å². The molecule has 1 unspecified atom stereocenters. The number of aliphatic carboxylic acids is 1. The Morgan fingerprint density at radius 3 is 2.43 bits per heavy atom. The van der Waals surface area contributed by atoms with Gasteiger partial charge in [-0.15, -0.1) is 0 Å². The number of carbonyl (C=O) groups excluding carboxylic acids is 1. The van der Waals surface area contributed by atoms with E-state index in [9.17, 15) is 9.59 Å². The van der Waals surface area contributed by atoms with E-state index in [1.54, 1.807) is 6.92 Å². The Bertz CT molecular complexity index is 205. The maximum atomic E-state index is 11.3. The lowest BCUT2D eigenvalue weighted by atomic mass is 10.1. The normalized spacial score (nSPS) is 14.5. The minimum atomic E-state index is -1.01. The van der Waals surface area contributed by atoms with Crippen LogP contribution >= 0.6 is 0 Å². The third-order valence-corrected chi connectivity index (χ3v) is 1.91. The summed E-state index contributed by atoms with van der Waals surface area (Å²) in [6, 6.07) is -0.815. The van der Waals surface area contributed by atoms with E-state index in [1.807, 2.05) is 6.92 Å². The van der Waals surface area contributed by atoms with Crippen molar-refractivity contribution in [2.24, 2.45) is 0 Å². The molecule has 0 aliphatic rings. The maximum absolute atomic E-state index is 11.3. The fourth-order valence-corrected chi connectivity index (χ4v) is 0.942. The molecule has 0 spiro atoms. The number of hydrogen-bond acceptors (Lipinski definition) is 3. The van der Waals surface area contributed by atoms with Crippen LogP contribution in [0.1, 0.15) is 26.7 Å². The molecule has 2 N–H and O–H groups in total. The summed E-state index contributed by atoms with van der Waals surface area (Å²) in [4.78, 5) is 21.9. The van der Waals surface area contributed by atoms with Gasteiger partial charge in [0.2, 0.25) is 5.91 Å². The summed E-state index contributed by atoms with van der Waals surface area (Å²) in [6.07, 6.45) is 0.518. The summed E-state index contributed by atoms with van der Waals surface area (Å²) in [5.74, 6) is -1.41. The van der Waals surface area contributed by atoms with Crippen molar-refractivity contribution in [3.63, 3.8) is 0 Å². The molecule has 0 radical (unpaired) electrons.